The van der Waals surface area contributed by atoms with Gasteiger partial charge in [-0.25, -0.2) is 0 Å². The van der Waals surface area contributed by atoms with Gasteiger partial charge < -0.3 is 9.84 Å². The summed E-state index contributed by atoms with van der Waals surface area (Å²) in [5.74, 6) is 2.12. The van der Waals surface area contributed by atoms with Crippen LogP contribution in [0.4, 0.5) is 0 Å². The molecule has 4 heteroatoms. The molecule has 0 aliphatic heterocycles. The van der Waals surface area contributed by atoms with E-state index in [-0.39, 0.29) is 30.3 Å². The standard InChI is InChI=1S/C27H42O4/c1-4-5-6-18-8-10-22-21-9-7-19-17-20(31-25(30)12-11-24(28)29)13-15-27(19,3)23(21)14-16-26(18,22)2/h7,18,20-23H,4-6,8-17H2,1-3H3,(H,28,29)/t18-,20-,21-,22-,23-,26+,27-/m0/s1. The third-order valence-electron chi connectivity index (χ3n) is 10.0. The van der Waals surface area contributed by atoms with E-state index in [0.29, 0.717) is 5.41 Å². The van der Waals surface area contributed by atoms with Gasteiger partial charge in [0.1, 0.15) is 6.10 Å². The first-order valence-corrected chi connectivity index (χ1v) is 12.9. The highest BCUT2D eigenvalue weighted by molar-refractivity contribution is 5.76. The fraction of sp³-hybridized carbons (Fsp3) is 0.852. The normalized spacial score (nSPS) is 41.5. The van der Waals surface area contributed by atoms with E-state index in [1.54, 1.807) is 0 Å². The summed E-state index contributed by atoms with van der Waals surface area (Å²) in [6.07, 6.45) is 16.1. The fourth-order valence-corrected chi connectivity index (χ4v) is 8.22. The molecule has 7 atom stereocenters. The number of carbonyl (C=O) groups is 2. The summed E-state index contributed by atoms with van der Waals surface area (Å²) < 4.78 is 5.67. The van der Waals surface area contributed by atoms with Gasteiger partial charge in [-0.3, -0.25) is 9.59 Å². The van der Waals surface area contributed by atoms with Crippen molar-refractivity contribution >= 4 is 11.9 Å². The maximum atomic E-state index is 12.0. The molecule has 0 aromatic carbocycles. The minimum absolute atomic E-state index is 0.0215. The molecule has 0 aromatic rings. The molecule has 3 fully saturated rings. The minimum Gasteiger partial charge on any atom is -0.481 e. The van der Waals surface area contributed by atoms with Crippen LogP contribution < -0.4 is 0 Å². The van der Waals surface area contributed by atoms with Crippen LogP contribution in [0.5, 0.6) is 0 Å². The Morgan fingerprint density at radius 3 is 2.65 bits per heavy atom. The predicted octanol–water partition coefficient (Wildman–Crippen LogP) is 6.53. The first-order chi connectivity index (χ1) is 14.8. The monoisotopic (exact) mass is 430 g/mol. The SMILES string of the molecule is CCCC[C@H]1CC[C@H]2[C@@H]3CC=C4C[C@@H](OC(=O)CCC(=O)O)CC[C@]4(C)[C@H]3CC[C@]12C. The molecule has 4 nitrogen and oxygen atoms in total. The van der Waals surface area contributed by atoms with Crippen molar-refractivity contribution in [1.29, 1.82) is 0 Å². The number of aliphatic carboxylic acids is 1. The summed E-state index contributed by atoms with van der Waals surface area (Å²) in [5.41, 5.74) is 2.32. The van der Waals surface area contributed by atoms with Crippen LogP contribution in [0.25, 0.3) is 0 Å². The van der Waals surface area contributed by atoms with E-state index in [0.717, 1.165) is 42.9 Å². The summed E-state index contributed by atoms with van der Waals surface area (Å²) in [6.45, 7) is 7.43. The van der Waals surface area contributed by atoms with Crippen molar-refractivity contribution in [3.63, 3.8) is 0 Å². The lowest BCUT2D eigenvalue weighted by Crippen LogP contribution is -2.50. The molecule has 0 unspecified atom stereocenters. The van der Waals surface area contributed by atoms with Crippen molar-refractivity contribution in [2.45, 2.75) is 110 Å². The second-order valence-electron chi connectivity index (χ2n) is 11.5. The summed E-state index contributed by atoms with van der Waals surface area (Å²) in [4.78, 5) is 22.8. The van der Waals surface area contributed by atoms with Crippen molar-refractivity contribution in [2.24, 2.45) is 34.5 Å². The molecule has 0 aromatic heterocycles. The van der Waals surface area contributed by atoms with Crippen LogP contribution in [0.2, 0.25) is 0 Å². The molecule has 4 rings (SSSR count). The molecule has 1 N–H and O–H groups in total. The molecule has 3 saturated carbocycles. The topological polar surface area (TPSA) is 63.6 Å². The molecule has 0 saturated heterocycles. The van der Waals surface area contributed by atoms with Crippen LogP contribution in [0.1, 0.15) is 104 Å². The molecule has 174 valence electrons. The number of carbonyl (C=O) groups excluding carboxylic acids is 1. The Bertz CT molecular complexity index is 727. The number of rotatable bonds is 7. The smallest absolute Gasteiger partial charge is 0.306 e. The van der Waals surface area contributed by atoms with Crippen molar-refractivity contribution in [3.8, 4) is 0 Å². The van der Waals surface area contributed by atoms with Crippen LogP contribution in [-0.2, 0) is 14.3 Å². The zero-order valence-corrected chi connectivity index (χ0v) is 19.8. The lowest BCUT2D eigenvalue weighted by atomic mass is 9.47. The first-order valence-electron chi connectivity index (χ1n) is 12.9. The number of ether oxygens (including phenoxy) is 1. The largest absolute Gasteiger partial charge is 0.481 e. The van der Waals surface area contributed by atoms with Crippen molar-refractivity contribution in [1.82, 2.24) is 0 Å². The number of carboxylic acid groups (broad SMARTS) is 1. The Morgan fingerprint density at radius 1 is 1.10 bits per heavy atom. The Labute approximate surface area is 188 Å². The number of carboxylic acids is 1. The Kier molecular flexibility index (Phi) is 6.57. The fourth-order valence-electron chi connectivity index (χ4n) is 8.22. The van der Waals surface area contributed by atoms with Crippen LogP contribution >= 0.6 is 0 Å². The number of hydrogen-bond donors (Lipinski definition) is 1. The van der Waals surface area contributed by atoms with Crippen molar-refractivity contribution < 1.29 is 19.4 Å². The van der Waals surface area contributed by atoms with Crippen LogP contribution in [0.15, 0.2) is 11.6 Å². The highest BCUT2D eigenvalue weighted by Gasteiger charge is 2.58. The van der Waals surface area contributed by atoms with Gasteiger partial charge in [0.05, 0.1) is 12.8 Å². The summed E-state index contributed by atoms with van der Waals surface area (Å²) in [5, 5.41) is 8.79. The quantitative estimate of drug-likeness (QED) is 0.368. The number of unbranched alkanes of at least 4 members (excludes halogenated alkanes) is 1. The Morgan fingerprint density at radius 2 is 1.90 bits per heavy atom. The molecule has 31 heavy (non-hydrogen) atoms. The highest BCUT2D eigenvalue weighted by Crippen LogP contribution is 2.66. The summed E-state index contributed by atoms with van der Waals surface area (Å²) in [7, 11) is 0. The predicted molar refractivity (Wildman–Crippen MR) is 121 cm³/mol. The van der Waals surface area contributed by atoms with E-state index in [1.165, 1.54) is 56.9 Å². The Balaban J connectivity index is 1.43. The van der Waals surface area contributed by atoms with Gasteiger partial charge in [0.25, 0.3) is 0 Å². The van der Waals surface area contributed by atoms with Crippen molar-refractivity contribution in [2.75, 3.05) is 0 Å². The van der Waals surface area contributed by atoms with Gasteiger partial charge in [-0.15, -0.1) is 0 Å². The van der Waals surface area contributed by atoms with Crippen molar-refractivity contribution in [3.05, 3.63) is 11.6 Å². The van der Waals surface area contributed by atoms with Gasteiger partial charge in [-0.2, -0.15) is 0 Å². The Hall–Kier alpha value is -1.32. The van der Waals surface area contributed by atoms with Gasteiger partial charge in [0, 0.05) is 6.42 Å². The third kappa shape index (κ3) is 4.20. The second kappa shape index (κ2) is 8.90. The van der Waals surface area contributed by atoms with Gasteiger partial charge >= 0.3 is 11.9 Å². The molecule has 0 radical (unpaired) electrons. The third-order valence-corrected chi connectivity index (χ3v) is 10.0. The van der Waals surface area contributed by atoms with Crippen LogP contribution in [0, 0.1) is 34.5 Å². The molecular formula is C27H42O4. The van der Waals surface area contributed by atoms with Gasteiger partial charge in [-0.1, -0.05) is 45.3 Å². The van der Waals surface area contributed by atoms with E-state index >= 15 is 0 Å². The summed E-state index contributed by atoms with van der Waals surface area (Å²) in [6, 6.07) is 0. The molecule has 0 amide bonds. The van der Waals surface area contributed by atoms with E-state index in [2.05, 4.69) is 26.8 Å². The molecular weight excluding hydrogens is 388 g/mol. The van der Waals surface area contributed by atoms with Gasteiger partial charge in [0.15, 0.2) is 0 Å². The maximum absolute atomic E-state index is 12.0. The summed E-state index contributed by atoms with van der Waals surface area (Å²) >= 11 is 0. The number of esters is 1. The average Bonchev–Trinajstić information content (AvgIpc) is 3.07. The lowest BCUT2D eigenvalue weighted by molar-refractivity contribution is -0.154. The molecule has 4 aliphatic rings. The van der Waals surface area contributed by atoms with Crippen LogP contribution in [-0.4, -0.2) is 23.1 Å². The van der Waals surface area contributed by atoms with Crippen LogP contribution in [0.3, 0.4) is 0 Å². The molecule has 4 aliphatic carbocycles. The molecule has 0 bridgehead atoms. The van der Waals surface area contributed by atoms with Gasteiger partial charge in [0.2, 0.25) is 0 Å². The molecule has 0 spiro atoms. The second-order valence-corrected chi connectivity index (χ2v) is 11.5. The van der Waals surface area contributed by atoms with E-state index in [4.69, 9.17) is 9.84 Å². The first kappa shape index (κ1) is 22.9. The average molecular weight is 431 g/mol. The maximum Gasteiger partial charge on any atom is 0.306 e. The van der Waals surface area contributed by atoms with Gasteiger partial charge in [-0.05, 0) is 85.9 Å². The number of fused-ring (bicyclic) bond motifs is 5. The zero-order chi connectivity index (χ0) is 22.2. The number of allylic oxidation sites excluding steroid dienone is 1. The lowest BCUT2D eigenvalue weighted by Gasteiger charge is -2.58. The van der Waals surface area contributed by atoms with E-state index < -0.39 is 5.97 Å². The van der Waals surface area contributed by atoms with E-state index in [1.807, 2.05) is 0 Å². The molecule has 0 heterocycles. The minimum atomic E-state index is -0.942. The number of hydrogen-bond acceptors (Lipinski definition) is 3. The highest BCUT2D eigenvalue weighted by atomic mass is 16.5. The zero-order valence-electron chi connectivity index (χ0n) is 19.8. The van der Waals surface area contributed by atoms with E-state index in [9.17, 15) is 9.59 Å².